The van der Waals surface area contributed by atoms with Crippen LogP contribution in [-0.2, 0) is 0 Å². The predicted octanol–water partition coefficient (Wildman–Crippen LogP) is 3.34. The molecule has 13 heavy (non-hydrogen) atoms. The van der Waals surface area contributed by atoms with Crippen LogP contribution in [-0.4, -0.2) is 12.6 Å². The van der Waals surface area contributed by atoms with E-state index in [-0.39, 0.29) is 0 Å². The third-order valence-electron chi connectivity index (χ3n) is 3.20. The fourth-order valence-corrected chi connectivity index (χ4v) is 2.17. The van der Waals surface area contributed by atoms with Gasteiger partial charge in [0.2, 0.25) is 0 Å². The second-order valence-corrected chi connectivity index (χ2v) is 4.74. The Morgan fingerprint density at radius 1 is 0.846 bits per heavy atom. The van der Waals surface area contributed by atoms with Crippen molar-refractivity contribution in [2.75, 3.05) is 6.54 Å². The van der Waals surface area contributed by atoms with E-state index in [1.807, 2.05) is 0 Å². The molecule has 1 rings (SSSR count). The highest BCUT2D eigenvalue weighted by molar-refractivity contribution is 4.64. The fraction of sp³-hybridized carbons (Fsp3) is 1.00. The summed E-state index contributed by atoms with van der Waals surface area (Å²) < 4.78 is 0. The van der Waals surface area contributed by atoms with Gasteiger partial charge in [0.15, 0.2) is 0 Å². The molecule has 1 aliphatic rings. The SMILES string of the molecule is CC1CCCCCC(C)NCCC1. The lowest BCUT2D eigenvalue weighted by atomic mass is 9.98. The van der Waals surface area contributed by atoms with E-state index >= 15 is 0 Å². The van der Waals surface area contributed by atoms with Gasteiger partial charge in [-0.3, -0.25) is 0 Å². The molecule has 1 fully saturated rings. The molecule has 1 aliphatic heterocycles. The Morgan fingerprint density at radius 3 is 2.38 bits per heavy atom. The van der Waals surface area contributed by atoms with Crippen molar-refractivity contribution in [1.82, 2.24) is 5.32 Å². The summed E-state index contributed by atoms with van der Waals surface area (Å²) in [5, 5.41) is 3.60. The summed E-state index contributed by atoms with van der Waals surface area (Å²) in [4.78, 5) is 0. The van der Waals surface area contributed by atoms with Crippen LogP contribution in [0.25, 0.3) is 0 Å². The largest absolute Gasteiger partial charge is 0.314 e. The Morgan fingerprint density at radius 2 is 1.54 bits per heavy atom. The van der Waals surface area contributed by atoms with Crippen LogP contribution in [0.1, 0.15) is 58.8 Å². The predicted molar refractivity (Wildman–Crippen MR) is 58.9 cm³/mol. The van der Waals surface area contributed by atoms with Crippen LogP contribution >= 0.6 is 0 Å². The Balaban J connectivity index is 2.22. The average molecular weight is 183 g/mol. The molecule has 0 aromatic heterocycles. The van der Waals surface area contributed by atoms with Crippen LogP contribution < -0.4 is 5.32 Å². The van der Waals surface area contributed by atoms with Gasteiger partial charge in [0.25, 0.3) is 0 Å². The average Bonchev–Trinajstić information content (AvgIpc) is 2.14. The molecule has 0 aromatic rings. The van der Waals surface area contributed by atoms with Crippen LogP contribution in [0.2, 0.25) is 0 Å². The summed E-state index contributed by atoms with van der Waals surface area (Å²) in [6.45, 7) is 5.95. The zero-order valence-corrected chi connectivity index (χ0v) is 9.31. The number of hydrogen-bond acceptors (Lipinski definition) is 1. The summed E-state index contributed by atoms with van der Waals surface area (Å²) in [5.41, 5.74) is 0. The second kappa shape index (κ2) is 6.42. The zero-order chi connectivity index (χ0) is 9.52. The molecule has 1 N–H and O–H groups in total. The molecule has 78 valence electrons. The highest BCUT2D eigenvalue weighted by Crippen LogP contribution is 2.16. The van der Waals surface area contributed by atoms with Gasteiger partial charge in [-0.15, -0.1) is 0 Å². The lowest BCUT2D eigenvalue weighted by Gasteiger charge is -2.12. The summed E-state index contributed by atoms with van der Waals surface area (Å²) in [6.07, 6.45) is 9.92. The maximum absolute atomic E-state index is 3.60. The first-order valence-electron chi connectivity index (χ1n) is 6.02. The summed E-state index contributed by atoms with van der Waals surface area (Å²) in [5.74, 6) is 0.954. The second-order valence-electron chi connectivity index (χ2n) is 4.74. The molecule has 0 radical (unpaired) electrons. The van der Waals surface area contributed by atoms with Gasteiger partial charge in [-0.25, -0.2) is 0 Å². The summed E-state index contributed by atoms with van der Waals surface area (Å²) >= 11 is 0. The first-order chi connectivity index (χ1) is 6.29. The molecule has 1 saturated heterocycles. The van der Waals surface area contributed by atoms with Crippen molar-refractivity contribution in [2.45, 2.75) is 64.8 Å². The van der Waals surface area contributed by atoms with Crippen molar-refractivity contribution in [2.24, 2.45) is 5.92 Å². The standard InChI is InChI=1S/C12H25N/c1-11-7-4-3-5-9-12(2)13-10-6-8-11/h11-13H,3-10H2,1-2H3. The minimum absolute atomic E-state index is 0.744. The summed E-state index contributed by atoms with van der Waals surface area (Å²) in [7, 11) is 0. The van der Waals surface area contributed by atoms with Crippen molar-refractivity contribution in [3.63, 3.8) is 0 Å². The van der Waals surface area contributed by atoms with E-state index in [4.69, 9.17) is 0 Å². The highest BCUT2D eigenvalue weighted by Gasteiger charge is 2.06. The van der Waals surface area contributed by atoms with Gasteiger partial charge < -0.3 is 5.32 Å². The van der Waals surface area contributed by atoms with Crippen molar-refractivity contribution in [1.29, 1.82) is 0 Å². The molecular formula is C12H25N. The molecular weight excluding hydrogens is 158 g/mol. The molecule has 0 bridgehead atoms. The third-order valence-corrected chi connectivity index (χ3v) is 3.20. The van der Waals surface area contributed by atoms with E-state index in [2.05, 4.69) is 19.2 Å². The van der Waals surface area contributed by atoms with Crippen molar-refractivity contribution in [3.05, 3.63) is 0 Å². The van der Waals surface area contributed by atoms with Gasteiger partial charge in [-0.1, -0.05) is 32.6 Å². The first kappa shape index (κ1) is 11.0. The summed E-state index contributed by atoms with van der Waals surface area (Å²) in [6, 6.07) is 0.744. The van der Waals surface area contributed by atoms with E-state index in [9.17, 15) is 0 Å². The molecule has 0 saturated carbocycles. The maximum Gasteiger partial charge on any atom is 0.00387 e. The molecule has 2 unspecified atom stereocenters. The zero-order valence-electron chi connectivity index (χ0n) is 9.31. The maximum atomic E-state index is 3.60. The normalized spacial score (nSPS) is 33.7. The quantitative estimate of drug-likeness (QED) is 0.607. The van der Waals surface area contributed by atoms with E-state index in [0.717, 1.165) is 12.0 Å². The van der Waals surface area contributed by atoms with Gasteiger partial charge in [0.1, 0.15) is 0 Å². The lowest BCUT2D eigenvalue weighted by Crippen LogP contribution is -2.26. The Bertz CT molecular complexity index is 108. The molecule has 1 nitrogen and oxygen atoms in total. The van der Waals surface area contributed by atoms with Crippen LogP contribution in [0.15, 0.2) is 0 Å². The molecule has 0 spiro atoms. The van der Waals surface area contributed by atoms with Gasteiger partial charge in [-0.05, 0) is 38.6 Å². The topological polar surface area (TPSA) is 12.0 Å². The van der Waals surface area contributed by atoms with Crippen LogP contribution in [0.4, 0.5) is 0 Å². The Labute approximate surface area is 83.3 Å². The molecule has 0 amide bonds. The molecule has 2 atom stereocenters. The van der Waals surface area contributed by atoms with Crippen molar-refractivity contribution in [3.8, 4) is 0 Å². The number of nitrogens with one attached hydrogen (secondary N) is 1. The minimum Gasteiger partial charge on any atom is -0.314 e. The first-order valence-corrected chi connectivity index (χ1v) is 6.02. The molecule has 1 heterocycles. The van der Waals surface area contributed by atoms with Gasteiger partial charge in [-0.2, -0.15) is 0 Å². The lowest BCUT2D eigenvalue weighted by molar-refractivity contribution is 0.449. The van der Waals surface area contributed by atoms with Gasteiger partial charge in [0, 0.05) is 6.04 Å². The third kappa shape index (κ3) is 5.30. The van der Waals surface area contributed by atoms with E-state index < -0.39 is 0 Å². The van der Waals surface area contributed by atoms with Crippen molar-refractivity contribution < 1.29 is 0 Å². The molecule has 0 aliphatic carbocycles. The van der Waals surface area contributed by atoms with Crippen LogP contribution in [0, 0.1) is 5.92 Å². The highest BCUT2D eigenvalue weighted by atomic mass is 14.9. The van der Waals surface area contributed by atoms with E-state index in [0.29, 0.717) is 0 Å². The van der Waals surface area contributed by atoms with Crippen molar-refractivity contribution >= 4 is 0 Å². The van der Waals surface area contributed by atoms with E-state index in [1.165, 1.54) is 51.5 Å². The van der Waals surface area contributed by atoms with Crippen LogP contribution in [0.5, 0.6) is 0 Å². The fourth-order valence-electron chi connectivity index (χ4n) is 2.17. The van der Waals surface area contributed by atoms with Gasteiger partial charge >= 0.3 is 0 Å². The molecule has 0 aromatic carbocycles. The monoisotopic (exact) mass is 183 g/mol. The number of hydrogen-bond donors (Lipinski definition) is 1. The smallest absolute Gasteiger partial charge is 0.00387 e. The minimum atomic E-state index is 0.744. The Hall–Kier alpha value is -0.0400. The Kier molecular flexibility index (Phi) is 5.45. The molecule has 1 heteroatoms. The number of rotatable bonds is 0. The van der Waals surface area contributed by atoms with Crippen LogP contribution in [0.3, 0.4) is 0 Å². The van der Waals surface area contributed by atoms with E-state index in [1.54, 1.807) is 0 Å². The van der Waals surface area contributed by atoms with Gasteiger partial charge in [0.05, 0.1) is 0 Å².